The Hall–Kier alpha value is -0.0800. The summed E-state index contributed by atoms with van der Waals surface area (Å²) in [5.74, 6) is 0.451. The molecule has 0 radical (unpaired) electrons. The van der Waals surface area contributed by atoms with E-state index in [4.69, 9.17) is 10.2 Å². The van der Waals surface area contributed by atoms with Gasteiger partial charge in [-0.15, -0.1) is 0 Å². The summed E-state index contributed by atoms with van der Waals surface area (Å²) in [5.41, 5.74) is -0.236. The normalized spacial score (nSPS) is 41.1. The SMILES string of the molecule is C[C@H]1CCCC1(C)C(O)O. The third-order valence-corrected chi connectivity index (χ3v) is 3.07. The Labute approximate surface area is 61.9 Å². The molecule has 0 amide bonds. The van der Waals surface area contributed by atoms with Crippen LogP contribution < -0.4 is 0 Å². The van der Waals surface area contributed by atoms with Crippen LogP contribution in [0.15, 0.2) is 0 Å². The lowest BCUT2D eigenvalue weighted by molar-refractivity contribution is -0.140. The molecule has 10 heavy (non-hydrogen) atoms. The molecule has 0 aromatic rings. The van der Waals surface area contributed by atoms with Gasteiger partial charge in [-0.3, -0.25) is 0 Å². The smallest absolute Gasteiger partial charge is 0.157 e. The van der Waals surface area contributed by atoms with Crippen molar-refractivity contribution in [3.8, 4) is 0 Å². The number of hydrogen-bond acceptors (Lipinski definition) is 2. The van der Waals surface area contributed by atoms with Gasteiger partial charge in [0.05, 0.1) is 0 Å². The van der Waals surface area contributed by atoms with Crippen molar-refractivity contribution in [1.82, 2.24) is 0 Å². The van der Waals surface area contributed by atoms with Crippen molar-refractivity contribution >= 4 is 0 Å². The molecule has 0 bridgehead atoms. The maximum Gasteiger partial charge on any atom is 0.157 e. The molecule has 60 valence electrons. The van der Waals surface area contributed by atoms with Gasteiger partial charge in [0, 0.05) is 5.41 Å². The van der Waals surface area contributed by atoms with E-state index in [0.29, 0.717) is 5.92 Å². The number of hydrogen-bond donors (Lipinski definition) is 2. The lowest BCUT2D eigenvalue weighted by Crippen LogP contribution is -2.34. The molecule has 2 atom stereocenters. The molecule has 0 saturated heterocycles. The Morgan fingerprint density at radius 3 is 2.30 bits per heavy atom. The minimum absolute atomic E-state index is 0.236. The highest BCUT2D eigenvalue weighted by atomic mass is 16.5. The van der Waals surface area contributed by atoms with E-state index in [1.165, 1.54) is 0 Å². The van der Waals surface area contributed by atoms with E-state index in [9.17, 15) is 0 Å². The number of aliphatic hydroxyl groups is 2. The lowest BCUT2D eigenvalue weighted by Gasteiger charge is -2.30. The zero-order valence-corrected chi connectivity index (χ0v) is 6.67. The van der Waals surface area contributed by atoms with Gasteiger partial charge in [-0.1, -0.05) is 20.3 Å². The molecule has 1 saturated carbocycles. The highest BCUT2D eigenvalue weighted by Gasteiger charge is 2.40. The van der Waals surface area contributed by atoms with E-state index in [0.717, 1.165) is 19.3 Å². The first-order valence-electron chi connectivity index (χ1n) is 3.93. The predicted molar refractivity (Wildman–Crippen MR) is 39.3 cm³/mol. The highest BCUT2D eigenvalue weighted by Crippen LogP contribution is 2.44. The van der Waals surface area contributed by atoms with Gasteiger partial charge in [0.1, 0.15) is 0 Å². The van der Waals surface area contributed by atoms with Gasteiger partial charge >= 0.3 is 0 Å². The summed E-state index contributed by atoms with van der Waals surface area (Å²) in [6.45, 7) is 4.04. The van der Waals surface area contributed by atoms with Crippen molar-refractivity contribution in [1.29, 1.82) is 0 Å². The molecule has 2 N–H and O–H groups in total. The van der Waals surface area contributed by atoms with Crippen LogP contribution in [-0.2, 0) is 0 Å². The van der Waals surface area contributed by atoms with Crippen LogP contribution in [0.5, 0.6) is 0 Å². The van der Waals surface area contributed by atoms with Crippen LogP contribution >= 0.6 is 0 Å². The van der Waals surface area contributed by atoms with Gasteiger partial charge in [-0.05, 0) is 18.8 Å². The molecular formula is C8H16O2. The Balaban J connectivity index is 2.66. The summed E-state index contributed by atoms with van der Waals surface area (Å²) >= 11 is 0. The monoisotopic (exact) mass is 144 g/mol. The van der Waals surface area contributed by atoms with Crippen molar-refractivity contribution in [3.05, 3.63) is 0 Å². The molecule has 2 nitrogen and oxygen atoms in total. The van der Waals surface area contributed by atoms with E-state index in [1.54, 1.807) is 0 Å². The highest BCUT2D eigenvalue weighted by molar-refractivity contribution is 4.87. The fourth-order valence-corrected chi connectivity index (χ4v) is 1.75. The second-order valence-corrected chi connectivity index (χ2v) is 3.67. The molecule has 0 aromatic heterocycles. The molecule has 0 spiro atoms. The van der Waals surface area contributed by atoms with Crippen molar-refractivity contribution in [2.45, 2.75) is 39.4 Å². The molecule has 1 fully saturated rings. The second kappa shape index (κ2) is 2.51. The van der Waals surface area contributed by atoms with Crippen LogP contribution in [0.3, 0.4) is 0 Å². The van der Waals surface area contributed by atoms with Gasteiger partial charge in [0.25, 0.3) is 0 Å². The predicted octanol–water partition coefficient (Wildman–Crippen LogP) is 1.12. The molecule has 1 aliphatic rings. The van der Waals surface area contributed by atoms with Crippen molar-refractivity contribution in [2.24, 2.45) is 11.3 Å². The summed E-state index contributed by atoms with van der Waals surface area (Å²) < 4.78 is 0. The molecule has 2 heteroatoms. The van der Waals surface area contributed by atoms with Crippen LogP contribution in [0.4, 0.5) is 0 Å². The first-order chi connectivity index (χ1) is 4.57. The summed E-state index contributed by atoms with van der Waals surface area (Å²) in [6.07, 6.45) is 2.08. The molecule has 0 heterocycles. The summed E-state index contributed by atoms with van der Waals surface area (Å²) in [4.78, 5) is 0. The quantitative estimate of drug-likeness (QED) is 0.541. The summed E-state index contributed by atoms with van der Waals surface area (Å²) in [6, 6.07) is 0. The van der Waals surface area contributed by atoms with Crippen LogP contribution in [0.1, 0.15) is 33.1 Å². The first-order valence-corrected chi connectivity index (χ1v) is 3.93. The topological polar surface area (TPSA) is 40.5 Å². The van der Waals surface area contributed by atoms with Crippen molar-refractivity contribution < 1.29 is 10.2 Å². The third-order valence-electron chi connectivity index (χ3n) is 3.07. The van der Waals surface area contributed by atoms with Crippen LogP contribution in [0, 0.1) is 11.3 Å². The lowest BCUT2D eigenvalue weighted by atomic mass is 9.80. The average Bonchev–Trinajstić information content (AvgIpc) is 2.15. The minimum atomic E-state index is -1.13. The molecule has 0 aromatic carbocycles. The Morgan fingerprint density at radius 2 is 2.10 bits per heavy atom. The summed E-state index contributed by atoms with van der Waals surface area (Å²) in [5, 5.41) is 18.1. The van der Waals surface area contributed by atoms with Gasteiger partial charge < -0.3 is 10.2 Å². The van der Waals surface area contributed by atoms with Gasteiger partial charge in [-0.25, -0.2) is 0 Å². The van der Waals surface area contributed by atoms with E-state index in [2.05, 4.69) is 6.92 Å². The Bertz CT molecular complexity index is 122. The molecular weight excluding hydrogens is 128 g/mol. The Morgan fingerprint density at radius 1 is 1.50 bits per heavy atom. The standard InChI is InChI=1S/C8H16O2/c1-6-4-3-5-8(6,2)7(9)10/h6-7,9-10H,3-5H2,1-2H3/t6-,8?/m0/s1. The minimum Gasteiger partial charge on any atom is -0.368 e. The molecule has 1 unspecified atom stereocenters. The zero-order valence-electron chi connectivity index (χ0n) is 6.67. The van der Waals surface area contributed by atoms with E-state index in [-0.39, 0.29) is 5.41 Å². The zero-order chi connectivity index (χ0) is 7.78. The fourth-order valence-electron chi connectivity index (χ4n) is 1.75. The molecule has 1 aliphatic carbocycles. The van der Waals surface area contributed by atoms with Crippen molar-refractivity contribution in [3.63, 3.8) is 0 Å². The maximum atomic E-state index is 9.04. The van der Waals surface area contributed by atoms with E-state index >= 15 is 0 Å². The largest absolute Gasteiger partial charge is 0.368 e. The van der Waals surface area contributed by atoms with Gasteiger partial charge in [0.2, 0.25) is 0 Å². The summed E-state index contributed by atoms with van der Waals surface area (Å²) in [7, 11) is 0. The number of rotatable bonds is 1. The van der Waals surface area contributed by atoms with Gasteiger partial charge in [-0.2, -0.15) is 0 Å². The van der Waals surface area contributed by atoms with Crippen LogP contribution in [0.25, 0.3) is 0 Å². The maximum absolute atomic E-state index is 9.04. The molecule has 1 rings (SSSR count). The Kier molecular flexibility index (Phi) is 2.02. The van der Waals surface area contributed by atoms with E-state index in [1.807, 2.05) is 6.92 Å². The van der Waals surface area contributed by atoms with Gasteiger partial charge in [0.15, 0.2) is 6.29 Å². The fraction of sp³-hybridized carbons (Fsp3) is 1.00. The van der Waals surface area contributed by atoms with Crippen LogP contribution in [-0.4, -0.2) is 16.5 Å². The third kappa shape index (κ3) is 1.06. The number of aliphatic hydroxyl groups excluding tert-OH is 1. The van der Waals surface area contributed by atoms with E-state index < -0.39 is 6.29 Å². The second-order valence-electron chi connectivity index (χ2n) is 3.67. The molecule has 0 aliphatic heterocycles. The van der Waals surface area contributed by atoms with Crippen molar-refractivity contribution in [2.75, 3.05) is 0 Å². The van der Waals surface area contributed by atoms with Crippen LogP contribution in [0.2, 0.25) is 0 Å². The average molecular weight is 144 g/mol. The first kappa shape index (κ1) is 8.02.